The number of hydrogen-bond donors (Lipinski definition) is 1. The fraction of sp³-hybridized carbons (Fsp3) is 0.250. The first-order valence-electron chi connectivity index (χ1n) is 5.28. The molecule has 0 aliphatic carbocycles. The molecule has 5 nitrogen and oxygen atoms in total. The fourth-order valence-corrected chi connectivity index (χ4v) is 1.56. The Balaban J connectivity index is 2.62. The monoisotopic (exact) mass is 232 g/mol. The molecule has 2 rings (SSSR count). The zero-order valence-corrected chi connectivity index (χ0v) is 9.61. The third kappa shape index (κ3) is 2.04. The average molecular weight is 232 g/mol. The maximum atomic E-state index is 12.0. The van der Waals surface area contributed by atoms with E-state index in [0.717, 1.165) is 5.56 Å². The smallest absolute Gasteiger partial charge is 0.343 e. The zero-order valence-electron chi connectivity index (χ0n) is 9.61. The van der Waals surface area contributed by atoms with Gasteiger partial charge in [-0.05, 0) is 25.5 Å². The lowest BCUT2D eigenvalue weighted by Crippen LogP contribution is -2.18. The number of aromatic amines is 1. The lowest BCUT2D eigenvalue weighted by Gasteiger charge is -2.03. The van der Waals surface area contributed by atoms with Crippen molar-refractivity contribution in [2.24, 2.45) is 0 Å². The minimum Gasteiger partial charge on any atom is -0.462 e. The van der Waals surface area contributed by atoms with Crippen LogP contribution in [0, 0.1) is 6.92 Å². The van der Waals surface area contributed by atoms with E-state index in [-0.39, 0.29) is 17.7 Å². The van der Waals surface area contributed by atoms with E-state index in [4.69, 9.17) is 4.74 Å². The molecule has 0 fully saturated rings. The van der Waals surface area contributed by atoms with Gasteiger partial charge in [-0.2, -0.15) is 0 Å². The van der Waals surface area contributed by atoms with Crippen LogP contribution in [0.3, 0.4) is 0 Å². The number of esters is 1. The number of nitrogens with zero attached hydrogens (tertiary/aromatic N) is 1. The first-order valence-corrected chi connectivity index (χ1v) is 5.28. The Bertz CT molecular complexity index is 631. The molecular formula is C12H12N2O3. The van der Waals surface area contributed by atoms with E-state index < -0.39 is 11.4 Å². The van der Waals surface area contributed by atoms with Gasteiger partial charge in [0.15, 0.2) is 0 Å². The summed E-state index contributed by atoms with van der Waals surface area (Å²) in [7, 11) is 0. The number of aromatic nitrogens is 2. The quantitative estimate of drug-likeness (QED) is 0.794. The van der Waals surface area contributed by atoms with Gasteiger partial charge in [-0.25, -0.2) is 4.79 Å². The molecule has 17 heavy (non-hydrogen) atoms. The van der Waals surface area contributed by atoms with Gasteiger partial charge in [0, 0.05) is 12.4 Å². The van der Waals surface area contributed by atoms with Gasteiger partial charge in [0.25, 0.3) is 0 Å². The van der Waals surface area contributed by atoms with E-state index in [1.54, 1.807) is 19.2 Å². The molecule has 88 valence electrons. The Morgan fingerprint density at radius 1 is 1.53 bits per heavy atom. The number of rotatable bonds is 2. The Hall–Kier alpha value is -2.17. The van der Waals surface area contributed by atoms with Crippen LogP contribution in [0.1, 0.15) is 22.8 Å². The van der Waals surface area contributed by atoms with E-state index in [9.17, 15) is 9.59 Å². The predicted molar refractivity (Wildman–Crippen MR) is 63.1 cm³/mol. The predicted octanol–water partition coefficient (Wildman–Crippen LogP) is 1.41. The lowest BCUT2D eigenvalue weighted by molar-refractivity contribution is 0.0524. The topological polar surface area (TPSA) is 72.1 Å². The third-order valence-corrected chi connectivity index (χ3v) is 2.35. The SMILES string of the molecule is CCOC(=O)c1c[nH]c2cc(C)cnc2c1=O. The van der Waals surface area contributed by atoms with Crippen molar-refractivity contribution in [3.05, 3.63) is 39.8 Å². The summed E-state index contributed by atoms with van der Waals surface area (Å²) in [6, 6.07) is 1.80. The first kappa shape index (κ1) is 11.3. The molecule has 0 saturated carbocycles. The van der Waals surface area contributed by atoms with Crippen molar-refractivity contribution in [1.82, 2.24) is 9.97 Å². The van der Waals surface area contributed by atoms with Gasteiger partial charge in [-0.3, -0.25) is 9.78 Å². The second-order valence-electron chi connectivity index (χ2n) is 3.66. The van der Waals surface area contributed by atoms with Crippen LogP contribution in [0.5, 0.6) is 0 Å². The van der Waals surface area contributed by atoms with Crippen molar-refractivity contribution >= 4 is 17.0 Å². The molecule has 2 heterocycles. The Morgan fingerprint density at radius 3 is 3.00 bits per heavy atom. The number of aryl methyl sites for hydroxylation is 1. The Labute approximate surface area is 97.4 Å². The van der Waals surface area contributed by atoms with E-state index in [1.165, 1.54) is 6.20 Å². The number of carbonyl (C=O) groups is 1. The molecule has 0 aliphatic rings. The van der Waals surface area contributed by atoms with Gasteiger partial charge in [0.1, 0.15) is 11.1 Å². The standard InChI is InChI=1S/C12H12N2O3/c1-3-17-12(16)8-6-13-9-4-7(2)5-14-10(9)11(8)15/h4-6H,3H2,1-2H3,(H,13,15). The van der Waals surface area contributed by atoms with Crippen LogP contribution in [-0.4, -0.2) is 22.5 Å². The van der Waals surface area contributed by atoms with Crippen molar-refractivity contribution in [3.63, 3.8) is 0 Å². The van der Waals surface area contributed by atoms with Crippen molar-refractivity contribution in [2.45, 2.75) is 13.8 Å². The fourth-order valence-electron chi connectivity index (χ4n) is 1.56. The maximum Gasteiger partial charge on any atom is 0.343 e. The highest BCUT2D eigenvalue weighted by molar-refractivity contribution is 5.92. The summed E-state index contributed by atoms with van der Waals surface area (Å²) in [5, 5.41) is 0. The summed E-state index contributed by atoms with van der Waals surface area (Å²) in [6.07, 6.45) is 2.95. The highest BCUT2D eigenvalue weighted by Gasteiger charge is 2.14. The molecule has 0 amide bonds. The normalized spacial score (nSPS) is 10.5. The Kier molecular flexibility index (Phi) is 2.91. The Morgan fingerprint density at radius 2 is 2.29 bits per heavy atom. The average Bonchev–Trinajstić information content (AvgIpc) is 2.29. The molecular weight excluding hydrogens is 220 g/mol. The molecule has 0 unspecified atom stereocenters. The van der Waals surface area contributed by atoms with Gasteiger partial charge >= 0.3 is 5.97 Å². The minimum atomic E-state index is -0.627. The minimum absolute atomic E-state index is 0.0179. The number of nitrogens with one attached hydrogen (secondary N) is 1. The lowest BCUT2D eigenvalue weighted by atomic mass is 10.2. The molecule has 2 aromatic heterocycles. The molecule has 0 atom stereocenters. The van der Waals surface area contributed by atoms with E-state index >= 15 is 0 Å². The van der Waals surface area contributed by atoms with Gasteiger partial charge in [0.05, 0.1) is 12.1 Å². The second kappa shape index (κ2) is 4.37. The van der Waals surface area contributed by atoms with E-state index in [2.05, 4.69) is 9.97 Å². The van der Waals surface area contributed by atoms with Crippen molar-refractivity contribution in [3.8, 4) is 0 Å². The maximum absolute atomic E-state index is 12.0. The number of ether oxygens (including phenoxy) is 1. The van der Waals surface area contributed by atoms with Gasteiger partial charge in [0.2, 0.25) is 5.43 Å². The number of H-pyrrole nitrogens is 1. The molecule has 0 aliphatic heterocycles. The van der Waals surface area contributed by atoms with Gasteiger partial charge < -0.3 is 9.72 Å². The number of carbonyl (C=O) groups excluding carboxylic acids is 1. The molecule has 0 radical (unpaired) electrons. The van der Waals surface area contributed by atoms with Crippen LogP contribution in [-0.2, 0) is 4.74 Å². The molecule has 5 heteroatoms. The molecule has 2 aromatic rings. The summed E-state index contributed by atoms with van der Waals surface area (Å²) < 4.78 is 4.79. The van der Waals surface area contributed by atoms with E-state index in [0.29, 0.717) is 5.52 Å². The zero-order chi connectivity index (χ0) is 12.4. The van der Waals surface area contributed by atoms with Crippen molar-refractivity contribution in [1.29, 1.82) is 0 Å². The largest absolute Gasteiger partial charge is 0.462 e. The van der Waals surface area contributed by atoms with Crippen LogP contribution >= 0.6 is 0 Å². The molecule has 0 bridgehead atoms. The highest BCUT2D eigenvalue weighted by Crippen LogP contribution is 2.07. The van der Waals surface area contributed by atoms with Crippen LogP contribution < -0.4 is 5.43 Å². The second-order valence-corrected chi connectivity index (χ2v) is 3.66. The van der Waals surface area contributed by atoms with Crippen LogP contribution in [0.2, 0.25) is 0 Å². The van der Waals surface area contributed by atoms with Crippen molar-refractivity contribution < 1.29 is 9.53 Å². The number of pyridine rings is 2. The summed E-state index contributed by atoms with van der Waals surface area (Å²) in [6.45, 7) is 3.80. The van der Waals surface area contributed by atoms with Crippen LogP contribution in [0.25, 0.3) is 11.0 Å². The van der Waals surface area contributed by atoms with Crippen LogP contribution in [0.15, 0.2) is 23.3 Å². The van der Waals surface area contributed by atoms with Gasteiger partial charge in [-0.1, -0.05) is 0 Å². The number of hydrogen-bond acceptors (Lipinski definition) is 4. The summed E-state index contributed by atoms with van der Waals surface area (Å²) in [5.41, 5.74) is 1.38. The molecule has 0 spiro atoms. The van der Waals surface area contributed by atoms with Crippen molar-refractivity contribution in [2.75, 3.05) is 6.61 Å². The first-order chi connectivity index (χ1) is 8.13. The number of fused-ring (bicyclic) bond motifs is 1. The van der Waals surface area contributed by atoms with Crippen LogP contribution in [0.4, 0.5) is 0 Å². The summed E-state index contributed by atoms with van der Waals surface area (Å²) in [4.78, 5) is 30.4. The molecule has 1 N–H and O–H groups in total. The highest BCUT2D eigenvalue weighted by atomic mass is 16.5. The third-order valence-electron chi connectivity index (χ3n) is 2.35. The molecule has 0 saturated heterocycles. The van der Waals surface area contributed by atoms with Gasteiger partial charge in [-0.15, -0.1) is 0 Å². The van der Waals surface area contributed by atoms with E-state index in [1.807, 2.05) is 6.92 Å². The summed E-state index contributed by atoms with van der Waals surface area (Å²) >= 11 is 0. The molecule has 0 aromatic carbocycles. The summed E-state index contributed by atoms with van der Waals surface area (Å²) in [5.74, 6) is -0.627.